The van der Waals surface area contributed by atoms with Crippen LogP contribution < -0.4 is 0 Å². The Morgan fingerprint density at radius 1 is 1.12 bits per heavy atom. The molecule has 0 atom stereocenters. The van der Waals surface area contributed by atoms with Crippen LogP contribution in [-0.4, -0.2) is 63.6 Å². The maximum Gasteiger partial charge on any atom is 0.243 e. The lowest BCUT2D eigenvalue weighted by atomic mass is 10.0. The molecule has 26 heavy (non-hydrogen) atoms. The zero-order valence-corrected chi connectivity index (χ0v) is 17.0. The number of hydrogen-bond acceptors (Lipinski definition) is 5. The van der Waals surface area contributed by atoms with E-state index in [0.717, 1.165) is 35.3 Å². The summed E-state index contributed by atoms with van der Waals surface area (Å²) in [5.41, 5.74) is 3.53. The molecule has 1 heterocycles. The molecule has 0 bridgehead atoms. The fourth-order valence-electron chi connectivity index (χ4n) is 3.30. The number of ether oxygens (including phenoxy) is 1. The summed E-state index contributed by atoms with van der Waals surface area (Å²) in [5, 5.41) is 8.97. The minimum Gasteiger partial charge on any atom is -0.379 e. The predicted octanol–water partition coefficient (Wildman–Crippen LogP) is 2.16. The molecule has 1 aliphatic heterocycles. The third-order valence-electron chi connectivity index (χ3n) is 5.14. The van der Waals surface area contributed by atoms with Crippen LogP contribution in [0.15, 0.2) is 11.0 Å². The first kappa shape index (κ1) is 20.8. The molecule has 1 aromatic carbocycles. The van der Waals surface area contributed by atoms with Crippen molar-refractivity contribution in [3.05, 3.63) is 28.3 Å². The van der Waals surface area contributed by atoms with Crippen molar-refractivity contribution in [1.82, 2.24) is 9.21 Å². The van der Waals surface area contributed by atoms with Gasteiger partial charge in [-0.2, -0.15) is 9.57 Å². The molecule has 1 fully saturated rings. The molecule has 0 unspecified atom stereocenters. The van der Waals surface area contributed by atoms with E-state index >= 15 is 0 Å². The molecular weight excluding hydrogens is 350 g/mol. The second-order valence-electron chi connectivity index (χ2n) is 6.86. The van der Waals surface area contributed by atoms with E-state index in [0.29, 0.717) is 31.2 Å². The van der Waals surface area contributed by atoms with E-state index in [1.54, 1.807) is 0 Å². The molecule has 144 valence electrons. The van der Waals surface area contributed by atoms with E-state index in [1.165, 1.54) is 4.31 Å². The summed E-state index contributed by atoms with van der Waals surface area (Å²) >= 11 is 0. The van der Waals surface area contributed by atoms with E-state index in [4.69, 9.17) is 10.00 Å². The largest absolute Gasteiger partial charge is 0.379 e. The number of aryl methyl sites for hydroxylation is 2. The quantitative estimate of drug-likeness (QED) is 0.726. The number of sulfonamides is 1. The number of nitrogens with zero attached hydrogens (tertiary/aromatic N) is 3. The number of rotatable bonds is 7. The molecule has 6 nitrogen and oxygen atoms in total. The molecule has 0 spiro atoms. The lowest BCUT2D eigenvalue weighted by molar-refractivity contribution is 0.0363. The molecule has 0 aliphatic carbocycles. The Morgan fingerprint density at radius 3 is 2.23 bits per heavy atom. The van der Waals surface area contributed by atoms with E-state index in [-0.39, 0.29) is 13.0 Å². The normalized spacial score (nSPS) is 16.0. The van der Waals surface area contributed by atoms with Crippen LogP contribution in [0, 0.1) is 39.0 Å². The highest BCUT2D eigenvalue weighted by Gasteiger charge is 2.29. The van der Waals surface area contributed by atoms with E-state index in [9.17, 15) is 8.42 Å². The van der Waals surface area contributed by atoms with Crippen molar-refractivity contribution in [3.63, 3.8) is 0 Å². The second-order valence-corrected chi connectivity index (χ2v) is 8.73. The number of benzene rings is 1. The van der Waals surface area contributed by atoms with E-state index in [2.05, 4.69) is 11.0 Å². The van der Waals surface area contributed by atoms with Gasteiger partial charge in [0.2, 0.25) is 10.0 Å². The summed E-state index contributed by atoms with van der Waals surface area (Å²) in [6, 6.07) is 4.10. The Kier molecular flexibility index (Phi) is 7.18. The number of morpholine rings is 1. The van der Waals surface area contributed by atoms with Gasteiger partial charge in [-0.1, -0.05) is 6.07 Å². The molecule has 0 amide bonds. The van der Waals surface area contributed by atoms with Crippen molar-refractivity contribution in [2.24, 2.45) is 0 Å². The van der Waals surface area contributed by atoms with Crippen LogP contribution in [0.5, 0.6) is 0 Å². The monoisotopic (exact) mass is 379 g/mol. The Labute approximate surface area is 157 Å². The Hall–Kier alpha value is -1.46. The van der Waals surface area contributed by atoms with Gasteiger partial charge < -0.3 is 4.74 Å². The molecule has 7 heteroatoms. The van der Waals surface area contributed by atoms with Crippen LogP contribution in [0.1, 0.15) is 28.7 Å². The van der Waals surface area contributed by atoms with Crippen LogP contribution in [0.2, 0.25) is 0 Å². The van der Waals surface area contributed by atoms with Gasteiger partial charge in [0.1, 0.15) is 0 Å². The SMILES string of the molecule is Cc1cc(C)c(C)c(S(=O)(=O)N(CCC#N)CCN2CCOCC2)c1C. The Morgan fingerprint density at radius 2 is 1.69 bits per heavy atom. The fourth-order valence-corrected chi connectivity index (χ4v) is 5.31. The first-order valence-corrected chi connectivity index (χ1v) is 10.5. The van der Waals surface area contributed by atoms with Gasteiger partial charge in [0.05, 0.1) is 24.2 Å². The van der Waals surface area contributed by atoms with Gasteiger partial charge in [0, 0.05) is 39.1 Å². The highest BCUT2D eigenvalue weighted by Crippen LogP contribution is 2.28. The summed E-state index contributed by atoms with van der Waals surface area (Å²) in [4.78, 5) is 2.61. The van der Waals surface area contributed by atoms with Crippen LogP contribution in [-0.2, 0) is 14.8 Å². The zero-order valence-electron chi connectivity index (χ0n) is 16.2. The summed E-state index contributed by atoms with van der Waals surface area (Å²) in [6.45, 7) is 11.8. The van der Waals surface area contributed by atoms with Crippen LogP contribution in [0.4, 0.5) is 0 Å². The Bertz CT molecular complexity index is 752. The summed E-state index contributed by atoms with van der Waals surface area (Å²) < 4.78 is 33.7. The van der Waals surface area contributed by atoms with Gasteiger partial charge in [-0.15, -0.1) is 0 Å². The van der Waals surface area contributed by atoms with Gasteiger partial charge in [-0.3, -0.25) is 4.90 Å². The van der Waals surface area contributed by atoms with Crippen molar-refractivity contribution in [3.8, 4) is 6.07 Å². The third-order valence-corrected chi connectivity index (χ3v) is 7.31. The number of hydrogen-bond donors (Lipinski definition) is 0. The van der Waals surface area contributed by atoms with E-state index < -0.39 is 10.0 Å². The molecule has 0 radical (unpaired) electrons. The molecule has 0 N–H and O–H groups in total. The van der Waals surface area contributed by atoms with Crippen molar-refractivity contribution < 1.29 is 13.2 Å². The standard InChI is InChI=1S/C19H29N3O3S/c1-15-14-16(2)18(4)19(17(15)3)26(23,24)22(7-5-6-20)9-8-21-10-12-25-13-11-21/h14H,5,7-13H2,1-4H3. The van der Waals surface area contributed by atoms with Crippen LogP contribution in [0.3, 0.4) is 0 Å². The minimum absolute atomic E-state index is 0.186. The van der Waals surface area contributed by atoms with Crippen molar-refractivity contribution in [2.75, 3.05) is 45.9 Å². The Balaban J connectivity index is 2.32. The lowest BCUT2D eigenvalue weighted by Gasteiger charge is -2.30. The first-order chi connectivity index (χ1) is 12.3. The molecular formula is C19H29N3O3S. The fraction of sp³-hybridized carbons (Fsp3) is 0.632. The molecule has 1 aromatic rings. The van der Waals surface area contributed by atoms with Crippen molar-refractivity contribution in [1.29, 1.82) is 5.26 Å². The van der Waals surface area contributed by atoms with Gasteiger partial charge in [0.25, 0.3) is 0 Å². The third kappa shape index (κ3) is 4.63. The second kappa shape index (κ2) is 8.96. The van der Waals surface area contributed by atoms with E-state index in [1.807, 2.05) is 33.8 Å². The summed E-state index contributed by atoms with van der Waals surface area (Å²) in [7, 11) is -3.66. The summed E-state index contributed by atoms with van der Waals surface area (Å²) in [6.07, 6.45) is 0.186. The van der Waals surface area contributed by atoms with Crippen LogP contribution >= 0.6 is 0 Å². The van der Waals surface area contributed by atoms with Crippen molar-refractivity contribution >= 4 is 10.0 Å². The summed E-state index contributed by atoms with van der Waals surface area (Å²) in [5.74, 6) is 0. The highest BCUT2D eigenvalue weighted by atomic mass is 32.2. The average molecular weight is 380 g/mol. The predicted molar refractivity (Wildman–Crippen MR) is 102 cm³/mol. The lowest BCUT2D eigenvalue weighted by Crippen LogP contribution is -2.43. The van der Waals surface area contributed by atoms with Crippen LogP contribution in [0.25, 0.3) is 0 Å². The van der Waals surface area contributed by atoms with Crippen molar-refractivity contribution in [2.45, 2.75) is 39.0 Å². The molecule has 1 saturated heterocycles. The van der Waals surface area contributed by atoms with Gasteiger partial charge in [-0.25, -0.2) is 8.42 Å². The minimum atomic E-state index is -3.66. The number of nitriles is 1. The van der Waals surface area contributed by atoms with Gasteiger partial charge in [-0.05, 0) is 49.9 Å². The highest BCUT2D eigenvalue weighted by molar-refractivity contribution is 7.89. The topological polar surface area (TPSA) is 73.6 Å². The van der Waals surface area contributed by atoms with Gasteiger partial charge >= 0.3 is 0 Å². The first-order valence-electron chi connectivity index (χ1n) is 9.03. The molecule has 2 rings (SSSR count). The average Bonchev–Trinajstić information content (AvgIpc) is 2.60. The zero-order chi connectivity index (χ0) is 19.3. The maximum atomic E-state index is 13.4. The molecule has 0 aromatic heterocycles. The molecule has 1 aliphatic rings. The maximum absolute atomic E-state index is 13.4. The smallest absolute Gasteiger partial charge is 0.243 e. The molecule has 0 saturated carbocycles. The van der Waals surface area contributed by atoms with Gasteiger partial charge in [0.15, 0.2) is 0 Å².